The van der Waals surface area contributed by atoms with E-state index < -0.39 is 0 Å². The van der Waals surface area contributed by atoms with E-state index in [1.54, 1.807) is 11.3 Å². The van der Waals surface area contributed by atoms with E-state index in [1.807, 2.05) is 22.7 Å². The van der Waals surface area contributed by atoms with Gasteiger partial charge in [-0.3, -0.25) is 9.48 Å². The van der Waals surface area contributed by atoms with Gasteiger partial charge in [0.15, 0.2) is 5.69 Å². The number of nitrogens with zero attached hydrogens (tertiary/aromatic N) is 4. The predicted octanol–water partition coefficient (Wildman–Crippen LogP) is 3.47. The van der Waals surface area contributed by atoms with Crippen LogP contribution in [0.15, 0.2) is 35.7 Å². The first kappa shape index (κ1) is 20.4. The smallest absolute Gasteiger partial charge is 0.274 e. The molecule has 1 fully saturated rings. The van der Waals surface area contributed by atoms with Crippen molar-refractivity contribution in [2.45, 2.75) is 44.6 Å². The number of hydrogen-bond donors (Lipinski definition) is 1. The minimum absolute atomic E-state index is 0.117. The van der Waals surface area contributed by atoms with Crippen molar-refractivity contribution in [3.8, 4) is 11.3 Å². The summed E-state index contributed by atoms with van der Waals surface area (Å²) in [5.74, 6) is 0.117. The predicted molar refractivity (Wildman–Crippen MR) is 123 cm³/mol. The molecule has 1 N–H and O–H groups in total. The zero-order chi connectivity index (χ0) is 21.2. The SMILES string of the molecule is Cn1nc(C(=O)N2CCCC2)c2c1CC[C@@H](NCCc1nc(-c3ccccc3)cs1)C2. The zero-order valence-corrected chi connectivity index (χ0v) is 18.8. The summed E-state index contributed by atoms with van der Waals surface area (Å²) in [6.07, 6.45) is 6.07. The molecule has 1 aliphatic heterocycles. The van der Waals surface area contributed by atoms with E-state index in [1.165, 1.54) is 11.3 Å². The molecule has 1 atom stereocenters. The third-order valence-corrected chi connectivity index (χ3v) is 7.35. The monoisotopic (exact) mass is 435 g/mol. The number of amides is 1. The number of carbonyl (C=O) groups excluding carboxylic acids is 1. The highest BCUT2D eigenvalue weighted by Crippen LogP contribution is 2.26. The minimum atomic E-state index is 0.117. The van der Waals surface area contributed by atoms with Crippen LogP contribution >= 0.6 is 11.3 Å². The number of rotatable bonds is 6. The second kappa shape index (κ2) is 8.93. The maximum absolute atomic E-state index is 13.0. The van der Waals surface area contributed by atoms with E-state index in [0.29, 0.717) is 11.7 Å². The molecule has 7 heteroatoms. The van der Waals surface area contributed by atoms with Crippen molar-refractivity contribution in [1.82, 2.24) is 25.0 Å². The highest BCUT2D eigenvalue weighted by molar-refractivity contribution is 7.09. The molecule has 5 rings (SSSR count). The van der Waals surface area contributed by atoms with Gasteiger partial charge in [0.1, 0.15) is 0 Å². The first-order valence-corrected chi connectivity index (χ1v) is 12.1. The Morgan fingerprint density at radius 2 is 2.03 bits per heavy atom. The summed E-state index contributed by atoms with van der Waals surface area (Å²) in [7, 11) is 1.97. The van der Waals surface area contributed by atoms with Crippen LogP contribution in [-0.2, 0) is 26.3 Å². The molecule has 0 unspecified atom stereocenters. The largest absolute Gasteiger partial charge is 0.337 e. The summed E-state index contributed by atoms with van der Waals surface area (Å²) >= 11 is 1.73. The van der Waals surface area contributed by atoms with Crippen LogP contribution in [0.4, 0.5) is 0 Å². The lowest BCUT2D eigenvalue weighted by molar-refractivity contribution is 0.0785. The molecular formula is C24H29N5OS. The number of benzene rings is 1. The summed E-state index contributed by atoms with van der Waals surface area (Å²) in [5.41, 5.74) is 5.29. The van der Waals surface area contributed by atoms with Gasteiger partial charge in [0.05, 0.1) is 10.7 Å². The summed E-state index contributed by atoms with van der Waals surface area (Å²) < 4.78 is 1.93. The van der Waals surface area contributed by atoms with Crippen molar-refractivity contribution in [3.63, 3.8) is 0 Å². The molecule has 0 spiro atoms. The van der Waals surface area contributed by atoms with Crippen LogP contribution < -0.4 is 5.32 Å². The van der Waals surface area contributed by atoms with Crippen LogP contribution in [0, 0.1) is 0 Å². The Hall–Kier alpha value is -2.51. The maximum atomic E-state index is 13.0. The first-order valence-electron chi connectivity index (χ1n) is 11.3. The van der Waals surface area contributed by atoms with Crippen molar-refractivity contribution < 1.29 is 4.79 Å². The second-order valence-corrected chi connectivity index (χ2v) is 9.48. The van der Waals surface area contributed by atoms with Gasteiger partial charge < -0.3 is 10.2 Å². The number of thiazole rings is 1. The van der Waals surface area contributed by atoms with Crippen LogP contribution in [0.3, 0.4) is 0 Å². The van der Waals surface area contributed by atoms with Gasteiger partial charge in [-0.1, -0.05) is 30.3 Å². The fraction of sp³-hybridized carbons (Fsp3) is 0.458. The normalized spacial score (nSPS) is 18.4. The standard InChI is InChI=1S/C24H29N5OS/c1-28-21-10-9-18(15-19(21)23(27-28)24(30)29-13-5-6-14-29)25-12-11-22-26-20(16-31-22)17-7-3-2-4-8-17/h2-4,7-8,16,18,25H,5-6,9-15H2,1H3/t18-/m1/s1. The lowest BCUT2D eigenvalue weighted by atomic mass is 9.91. The van der Waals surface area contributed by atoms with Crippen LogP contribution in [0.25, 0.3) is 11.3 Å². The lowest BCUT2D eigenvalue weighted by Gasteiger charge is -2.24. The summed E-state index contributed by atoms with van der Waals surface area (Å²) in [5, 5.41) is 11.6. The van der Waals surface area contributed by atoms with E-state index in [4.69, 9.17) is 4.98 Å². The van der Waals surface area contributed by atoms with Gasteiger partial charge >= 0.3 is 0 Å². The van der Waals surface area contributed by atoms with E-state index in [-0.39, 0.29) is 5.91 Å². The first-order chi connectivity index (χ1) is 15.2. The third kappa shape index (κ3) is 4.29. The van der Waals surface area contributed by atoms with Gasteiger partial charge in [0.2, 0.25) is 0 Å². The van der Waals surface area contributed by atoms with E-state index in [9.17, 15) is 4.79 Å². The quantitative estimate of drug-likeness (QED) is 0.644. The van der Waals surface area contributed by atoms with Crippen molar-refractivity contribution in [3.05, 3.63) is 57.7 Å². The molecule has 0 bridgehead atoms. The number of nitrogens with one attached hydrogen (secondary N) is 1. The summed E-state index contributed by atoms with van der Waals surface area (Å²) in [4.78, 5) is 19.7. The molecule has 0 saturated carbocycles. The Kier molecular flexibility index (Phi) is 5.87. The average Bonchev–Trinajstić information content (AvgIpc) is 3.55. The van der Waals surface area contributed by atoms with E-state index in [2.05, 4.69) is 40.1 Å². The number of carbonyl (C=O) groups is 1. The molecule has 1 saturated heterocycles. The van der Waals surface area contributed by atoms with Gasteiger partial charge in [-0.15, -0.1) is 11.3 Å². The molecule has 3 aromatic rings. The van der Waals surface area contributed by atoms with Gasteiger partial charge in [0.25, 0.3) is 5.91 Å². The van der Waals surface area contributed by atoms with E-state index >= 15 is 0 Å². The fourth-order valence-electron chi connectivity index (χ4n) is 4.76. The van der Waals surface area contributed by atoms with Crippen LogP contribution in [0.2, 0.25) is 0 Å². The summed E-state index contributed by atoms with van der Waals surface area (Å²) in [6.45, 7) is 2.63. The Morgan fingerprint density at radius 1 is 1.23 bits per heavy atom. The molecule has 2 aliphatic rings. The number of likely N-dealkylation sites (tertiary alicyclic amines) is 1. The van der Waals surface area contributed by atoms with Gasteiger partial charge in [-0.2, -0.15) is 5.10 Å². The van der Waals surface area contributed by atoms with Crippen LogP contribution in [-0.4, -0.2) is 51.2 Å². The van der Waals surface area contributed by atoms with Crippen LogP contribution in [0.5, 0.6) is 0 Å². The molecule has 1 aliphatic carbocycles. The van der Waals surface area contributed by atoms with Crippen molar-refractivity contribution >= 4 is 17.2 Å². The second-order valence-electron chi connectivity index (χ2n) is 8.53. The lowest BCUT2D eigenvalue weighted by Crippen LogP contribution is -2.37. The Balaban J connectivity index is 1.20. The molecule has 3 heterocycles. The molecule has 1 amide bonds. The average molecular weight is 436 g/mol. The van der Waals surface area contributed by atoms with Crippen molar-refractivity contribution in [2.75, 3.05) is 19.6 Å². The number of fused-ring (bicyclic) bond motifs is 1. The number of aryl methyl sites for hydroxylation is 1. The topological polar surface area (TPSA) is 63.1 Å². The molecule has 2 aromatic heterocycles. The number of hydrogen-bond acceptors (Lipinski definition) is 5. The zero-order valence-electron chi connectivity index (χ0n) is 18.0. The van der Waals surface area contributed by atoms with E-state index in [0.717, 1.165) is 74.4 Å². The highest BCUT2D eigenvalue weighted by Gasteiger charge is 2.31. The highest BCUT2D eigenvalue weighted by atomic mass is 32.1. The Labute approximate surface area is 187 Å². The maximum Gasteiger partial charge on any atom is 0.274 e. The molecule has 1 aromatic carbocycles. The molecule has 162 valence electrons. The van der Waals surface area contributed by atoms with Gasteiger partial charge in [0, 0.05) is 61.3 Å². The molecule has 31 heavy (non-hydrogen) atoms. The van der Waals surface area contributed by atoms with Gasteiger partial charge in [-0.05, 0) is 32.1 Å². The Morgan fingerprint density at radius 3 is 2.84 bits per heavy atom. The fourth-order valence-corrected chi connectivity index (χ4v) is 5.56. The molecule has 6 nitrogen and oxygen atoms in total. The van der Waals surface area contributed by atoms with Crippen molar-refractivity contribution in [1.29, 1.82) is 0 Å². The summed E-state index contributed by atoms with van der Waals surface area (Å²) in [6, 6.07) is 10.7. The van der Waals surface area contributed by atoms with Crippen LogP contribution in [0.1, 0.15) is 46.0 Å². The Bertz CT molecular complexity index is 1050. The minimum Gasteiger partial charge on any atom is -0.337 e. The molecular weight excluding hydrogens is 406 g/mol. The molecule has 0 radical (unpaired) electrons. The van der Waals surface area contributed by atoms with Crippen molar-refractivity contribution in [2.24, 2.45) is 7.05 Å². The van der Waals surface area contributed by atoms with Gasteiger partial charge in [-0.25, -0.2) is 4.98 Å². The third-order valence-electron chi connectivity index (χ3n) is 6.44. The number of aromatic nitrogens is 3.